The molecule has 1 heterocycles. The molecule has 1 N–H and O–H groups in total. The monoisotopic (exact) mass is 209 g/mol. The van der Waals surface area contributed by atoms with E-state index in [0.29, 0.717) is 18.4 Å². The molecule has 0 radical (unpaired) electrons. The molecule has 82 valence electrons. The van der Waals surface area contributed by atoms with Crippen LogP contribution in [0.2, 0.25) is 0 Å². The number of halogens is 1. The number of hydrogen-bond acceptors (Lipinski definition) is 2. The molecule has 0 saturated carbocycles. The van der Waals surface area contributed by atoms with Gasteiger partial charge in [-0.3, -0.25) is 0 Å². The van der Waals surface area contributed by atoms with Crippen LogP contribution < -0.4 is 0 Å². The standard InChI is InChI=1S/C12H16FNO/c1-14-8-6-12(15,7-9-14)10-4-2-3-5-11(10)13/h2-5,15H,6-9H2,1H3. The zero-order valence-electron chi connectivity index (χ0n) is 8.91. The molecule has 0 atom stereocenters. The molecule has 15 heavy (non-hydrogen) atoms. The van der Waals surface area contributed by atoms with Gasteiger partial charge in [0.25, 0.3) is 0 Å². The van der Waals surface area contributed by atoms with E-state index < -0.39 is 5.60 Å². The maximum absolute atomic E-state index is 13.5. The number of aliphatic hydroxyl groups is 1. The summed E-state index contributed by atoms with van der Waals surface area (Å²) in [5, 5.41) is 10.4. The summed E-state index contributed by atoms with van der Waals surface area (Å²) in [6.45, 7) is 1.62. The summed E-state index contributed by atoms with van der Waals surface area (Å²) in [6, 6.07) is 6.51. The predicted octanol–water partition coefficient (Wildman–Crippen LogP) is 1.74. The molecule has 2 nitrogen and oxygen atoms in total. The number of benzene rings is 1. The Bertz CT molecular complexity index is 345. The SMILES string of the molecule is CN1CCC(O)(c2ccccc2F)CC1. The molecule has 3 heteroatoms. The fourth-order valence-electron chi connectivity index (χ4n) is 2.10. The summed E-state index contributed by atoms with van der Waals surface area (Å²) >= 11 is 0. The van der Waals surface area contributed by atoms with Gasteiger partial charge < -0.3 is 10.0 Å². The van der Waals surface area contributed by atoms with Gasteiger partial charge in [-0.1, -0.05) is 18.2 Å². The van der Waals surface area contributed by atoms with Gasteiger partial charge in [-0.25, -0.2) is 4.39 Å². The molecule has 0 unspecified atom stereocenters. The molecule has 1 aromatic rings. The first-order chi connectivity index (χ1) is 7.12. The van der Waals surface area contributed by atoms with Crippen molar-refractivity contribution in [2.45, 2.75) is 18.4 Å². The van der Waals surface area contributed by atoms with E-state index in [1.54, 1.807) is 18.2 Å². The second-order valence-electron chi connectivity index (χ2n) is 4.31. The van der Waals surface area contributed by atoms with Gasteiger partial charge in [0.05, 0.1) is 5.60 Å². The molecule has 0 aliphatic carbocycles. The van der Waals surface area contributed by atoms with Crippen LogP contribution in [0.5, 0.6) is 0 Å². The van der Waals surface area contributed by atoms with Crippen LogP contribution in [0.25, 0.3) is 0 Å². The Kier molecular flexibility index (Phi) is 2.76. The highest BCUT2D eigenvalue weighted by molar-refractivity contribution is 5.24. The van der Waals surface area contributed by atoms with Gasteiger partial charge in [-0.15, -0.1) is 0 Å². The van der Waals surface area contributed by atoms with Crippen LogP contribution in [0.15, 0.2) is 24.3 Å². The fourth-order valence-corrected chi connectivity index (χ4v) is 2.10. The third-order valence-electron chi connectivity index (χ3n) is 3.19. The van der Waals surface area contributed by atoms with Crippen molar-refractivity contribution in [1.29, 1.82) is 0 Å². The average Bonchev–Trinajstić information content (AvgIpc) is 2.23. The van der Waals surface area contributed by atoms with Gasteiger partial charge in [0, 0.05) is 18.7 Å². The second-order valence-corrected chi connectivity index (χ2v) is 4.31. The van der Waals surface area contributed by atoms with Gasteiger partial charge in [0.1, 0.15) is 5.82 Å². The van der Waals surface area contributed by atoms with Crippen LogP contribution in [0.3, 0.4) is 0 Å². The van der Waals surface area contributed by atoms with Crippen molar-refractivity contribution in [3.63, 3.8) is 0 Å². The van der Waals surface area contributed by atoms with Crippen molar-refractivity contribution in [3.05, 3.63) is 35.6 Å². The van der Waals surface area contributed by atoms with Crippen LogP contribution in [-0.4, -0.2) is 30.1 Å². The van der Waals surface area contributed by atoms with Crippen LogP contribution in [0.1, 0.15) is 18.4 Å². The van der Waals surface area contributed by atoms with E-state index in [0.717, 1.165) is 13.1 Å². The fraction of sp³-hybridized carbons (Fsp3) is 0.500. The zero-order valence-corrected chi connectivity index (χ0v) is 8.91. The predicted molar refractivity (Wildman–Crippen MR) is 57.0 cm³/mol. The Hall–Kier alpha value is -0.930. The summed E-state index contributed by atoms with van der Waals surface area (Å²) in [5.74, 6) is -0.301. The first-order valence-corrected chi connectivity index (χ1v) is 5.28. The molecule has 1 aromatic carbocycles. The van der Waals surface area contributed by atoms with Gasteiger partial charge >= 0.3 is 0 Å². The van der Waals surface area contributed by atoms with Crippen molar-refractivity contribution in [3.8, 4) is 0 Å². The highest BCUT2D eigenvalue weighted by atomic mass is 19.1. The van der Waals surface area contributed by atoms with Gasteiger partial charge in [0.15, 0.2) is 0 Å². The maximum Gasteiger partial charge on any atom is 0.129 e. The molecule has 1 fully saturated rings. The summed E-state index contributed by atoms with van der Waals surface area (Å²) in [4.78, 5) is 2.15. The number of hydrogen-bond donors (Lipinski definition) is 1. The number of likely N-dealkylation sites (tertiary alicyclic amines) is 1. The minimum absolute atomic E-state index is 0.301. The summed E-state index contributed by atoms with van der Waals surface area (Å²) in [6.07, 6.45) is 1.20. The van der Waals surface area contributed by atoms with E-state index in [4.69, 9.17) is 0 Å². The normalized spacial score (nSPS) is 21.5. The van der Waals surface area contributed by atoms with E-state index in [1.807, 2.05) is 7.05 Å². The molecule has 0 spiro atoms. The highest BCUT2D eigenvalue weighted by Gasteiger charge is 2.34. The molecular formula is C12H16FNO. The van der Waals surface area contributed by atoms with Crippen molar-refractivity contribution >= 4 is 0 Å². The lowest BCUT2D eigenvalue weighted by Crippen LogP contribution is -2.41. The van der Waals surface area contributed by atoms with Crippen molar-refractivity contribution in [1.82, 2.24) is 4.90 Å². The lowest BCUT2D eigenvalue weighted by molar-refractivity contribution is -0.0230. The lowest BCUT2D eigenvalue weighted by Gasteiger charge is -2.37. The molecule has 1 saturated heterocycles. The van der Waals surface area contributed by atoms with Crippen LogP contribution in [-0.2, 0) is 5.60 Å². The van der Waals surface area contributed by atoms with Gasteiger partial charge in [-0.2, -0.15) is 0 Å². The lowest BCUT2D eigenvalue weighted by atomic mass is 9.84. The minimum Gasteiger partial charge on any atom is -0.385 e. The Labute approximate surface area is 89.3 Å². The smallest absolute Gasteiger partial charge is 0.129 e. The summed E-state index contributed by atoms with van der Waals surface area (Å²) in [7, 11) is 2.01. The average molecular weight is 209 g/mol. The molecule has 1 aliphatic rings. The molecule has 0 amide bonds. The molecule has 2 rings (SSSR count). The van der Waals surface area contributed by atoms with Crippen molar-refractivity contribution in [2.75, 3.05) is 20.1 Å². The zero-order chi connectivity index (χ0) is 10.9. The topological polar surface area (TPSA) is 23.5 Å². The van der Waals surface area contributed by atoms with Gasteiger partial charge in [0.2, 0.25) is 0 Å². The van der Waals surface area contributed by atoms with Crippen LogP contribution >= 0.6 is 0 Å². The number of nitrogens with zero attached hydrogens (tertiary/aromatic N) is 1. The van der Waals surface area contributed by atoms with Crippen LogP contribution in [0.4, 0.5) is 4.39 Å². The third kappa shape index (κ3) is 2.03. The highest BCUT2D eigenvalue weighted by Crippen LogP contribution is 2.33. The van der Waals surface area contributed by atoms with E-state index in [1.165, 1.54) is 6.07 Å². The summed E-state index contributed by atoms with van der Waals surface area (Å²) < 4.78 is 13.5. The Morgan fingerprint density at radius 1 is 1.27 bits per heavy atom. The minimum atomic E-state index is -0.974. The molecule has 0 bridgehead atoms. The quantitative estimate of drug-likeness (QED) is 0.761. The first-order valence-electron chi connectivity index (χ1n) is 5.28. The van der Waals surface area contributed by atoms with E-state index in [9.17, 15) is 9.50 Å². The van der Waals surface area contributed by atoms with Gasteiger partial charge in [-0.05, 0) is 26.0 Å². The van der Waals surface area contributed by atoms with E-state index >= 15 is 0 Å². The van der Waals surface area contributed by atoms with Crippen LogP contribution in [0, 0.1) is 5.82 Å². The third-order valence-corrected chi connectivity index (χ3v) is 3.19. The Morgan fingerprint density at radius 3 is 2.47 bits per heavy atom. The molecular weight excluding hydrogens is 193 g/mol. The molecule has 1 aliphatic heterocycles. The Balaban J connectivity index is 2.26. The second kappa shape index (κ2) is 3.91. The summed E-state index contributed by atoms with van der Waals surface area (Å²) in [5.41, 5.74) is -0.532. The number of piperidine rings is 1. The largest absolute Gasteiger partial charge is 0.385 e. The van der Waals surface area contributed by atoms with E-state index in [2.05, 4.69) is 4.90 Å². The maximum atomic E-state index is 13.5. The van der Waals surface area contributed by atoms with Crippen molar-refractivity contribution in [2.24, 2.45) is 0 Å². The Morgan fingerprint density at radius 2 is 1.87 bits per heavy atom. The number of rotatable bonds is 1. The van der Waals surface area contributed by atoms with Crippen molar-refractivity contribution < 1.29 is 9.50 Å². The first kappa shape index (κ1) is 10.6. The molecule has 0 aromatic heterocycles. The van der Waals surface area contributed by atoms with E-state index in [-0.39, 0.29) is 5.82 Å².